The van der Waals surface area contributed by atoms with Crippen molar-refractivity contribution in [2.24, 2.45) is 0 Å². The van der Waals surface area contributed by atoms with E-state index in [1.807, 2.05) is 50.1 Å². The highest BCUT2D eigenvalue weighted by molar-refractivity contribution is 5.83. The van der Waals surface area contributed by atoms with E-state index in [0.717, 1.165) is 11.9 Å². The van der Waals surface area contributed by atoms with Gasteiger partial charge in [-0.25, -0.2) is 0 Å². The minimum Gasteiger partial charge on any atom is -0.361 e. The monoisotopic (exact) mass is 344 g/mol. The van der Waals surface area contributed by atoms with Gasteiger partial charge < -0.3 is 15.6 Å². The number of aromatic nitrogens is 1. The molecule has 2 amide bonds. The Morgan fingerprint density at radius 3 is 2.60 bits per heavy atom. The van der Waals surface area contributed by atoms with Gasteiger partial charge in [-0.15, -0.1) is 0 Å². The van der Waals surface area contributed by atoms with E-state index in [4.69, 9.17) is 0 Å². The summed E-state index contributed by atoms with van der Waals surface area (Å²) in [4.78, 5) is 29.0. The Morgan fingerprint density at radius 1 is 1.16 bits per heavy atom. The third-order valence-corrected chi connectivity index (χ3v) is 4.02. The summed E-state index contributed by atoms with van der Waals surface area (Å²) in [6, 6.07) is 8.24. The van der Waals surface area contributed by atoms with Gasteiger partial charge in [0.05, 0.1) is 13.1 Å². The van der Waals surface area contributed by atoms with Gasteiger partial charge in [0.1, 0.15) is 0 Å². The summed E-state index contributed by atoms with van der Waals surface area (Å²) in [5, 5.41) is 6.97. The molecule has 0 spiro atoms. The van der Waals surface area contributed by atoms with Crippen molar-refractivity contribution >= 4 is 22.7 Å². The van der Waals surface area contributed by atoms with Gasteiger partial charge in [-0.2, -0.15) is 0 Å². The number of carbonyl (C=O) groups is 2. The van der Waals surface area contributed by atoms with Crippen molar-refractivity contribution in [1.29, 1.82) is 0 Å². The lowest BCUT2D eigenvalue weighted by atomic mass is 10.1. The van der Waals surface area contributed by atoms with E-state index in [1.54, 1.807) is 0 Å². The largest absolute Gasteiger partial charge is 0.361 e. The molecule has 0 fully saturated rings. The zero-order valence-electron chi connectivity index (χ0n) is 15.3. The van der Waals surface area contributed by atoms with Crippen molar-refractivity contribution in [2.75, 3.05) is 26.2 Å². The first-order valence-corrected chi connectivity index (χ1v) is 8.83. The van der Waals surface area contributed by atoms with Gasteiger partial charge in [0.2, 0.25) is 11.8 Å². The molecule has 6 nitrogen and oxygen atoms in total. The summed E-state index contributed by atoms with van der Waals surface area (Å²) in [7, 11) is 0. The van der Waals surface area contributed by atoms with Gasteiger partial charge >= 0.3 is 0 Å². The zero-order valence-corrected chi connectivity index (χ0v) is 15.3. The predicted molar refractivity (Wildman–Crippen MR) is 100 cm³/mol. The Morgan fingerprint density at radius 2 is 1.88 bits per heavy atom. The number of hydrogen-bond acceptors (Lipinski definition) is 3. The predicted octanol–water partition coefficient (Wildman–Crippen LogP) is 1.67. The number of para-hydroxylation sites is 1. The molecule has 1 aromatic heterocycles. The first-order chi connectivity index (χ1) is 12.0. The lowest BCUT2D eigenvalue weighted by Crippen LogP contribution is -2.44. The first kappa shape index (κ1) is 19.0. The van der Waals surface area contributed by atoms with Crippen LogP contribution in [0, 0.1) is 0 Å². The fourth-order valence-corrected chi connectivity index (χ4v) is 2.78. The van der Waals surface area contributed by atoms with Gasteiger partial charge in [0.25, 0.3) is 0 Å². The normalized spacial score (nSPS) is 11.2. The van der Waals surface area contributed by atoms with Crippen LogP contribution in [0.3, 0.4) is 0 Å². The fraction of sp³-hybridized carbons (Fsp3) is 0.474. The Kier molecular flexibility index (Phi) is 7.01. The Balaban J connectivity index is 1.76. The third-order valence-electron chi connectivity index (χ3n) is 4.02. The molecule has 2 rings (SSSR count). The second-order valence-corrected chi connectivity index (χ2v) is 6.48. The summed E-state index contributed by atoms with van der Waals surface area (Å²) in [5.41, 5.74) is 2.30. The number of rotatable bonds is 9. The number of aromatic amines is 1. The molecule has 25 heavy (non-hydrogen) atoms. The Hall–Kier alpha value is -2.34. The molecule has 1 heterocycles. The number of hydrogen-bond donors (Lipinski definition) is 3. The summed E-state index contributed by atoms with van der Waals surface area (Å²) >= 11 is 0. The van der Waals surface area contributed by atoms with Crippen LogP contribution < -0.4 is 10.6 Å². The van der Waals surface area contributed by atoms with Crippen molar-refractivity contribution in [3.63, 3.8) is 0 Å². The number of carbonyl (C=O) groups excluding carboxylic acids is 2. The molecule has 0 atom stereocenters. The number of nitrogens with zero attached hydrogens (tertiary/aromatic N) is 1. The number of nitrogens with one attached hydrogen (secondary N) is 3. The molecule has 0 saturated carbocycles. The number of amides is 2. The van der Waals surface area contributed by atoms with Crippen LogP contribution in [-0.4, -0.2) is 53.9 Å². The molecule has 136 valence electrons. The molecule has 3 N–H and O–H groups in total. The second-order valence-electron chi connectivity index (χ2n) is 6.48. The van der Waals surface area contributed by atoms with Gasteiger partial charge in [-0.3, -0.25) is 14.5 Å². The van der Waals surface area contributed by atoms with E-state index in [-0.39, 0.29) is 30.9 Å². The van der Waals surface area contributed by atoms with Crippen LogP contribution >= 0.6 is 0 Å². The maximum absolute atomic E-state index is 12.1. The minimum atomic E-state index is -0.0564. The van der Waals surface area contributed by atoms with Gasteiger partial charge in [-0.1, -0.05) is 25.1 Å². The van der Waals surface area contributed by atoms with Gasteiger partial charge in [0.15, 0.2) is 0 Å². The third kappa shape index (κ3) is 5.90. The highest BCUT2D eigenvalue weighted by atomic mass is 16.2. The number of benzene rings is 1. The fourth-order valence-electron chi connectivity index (χ4n) is 2.78. The molecule has 0 saturated heterocycles. The molecule has 0 aliphatic carbocycles. The number of likely N-dealkylation sites (N-methyl/N-ethyl adjacent to an activating group) is 1. The van der Waals surface area contributed by atoms with Crippen LogP contribution in [0.4, 0.5) is 0 Å². The lowest BCUT2D eigenvalue weighted by Gasteiger charge is -2.20. The molecule has 0 aliphatic heterocycles. The SMILES string of the molecule is CCN(CC(=O)NCCc1c[nH]c2ccccc12)CC(=O)NC(C)C. The molecule has 0 radical (unpaired) electrons. The maximum Gasteiger partial charge on any atom is 0.234 e. The molecule has 2 aromatic rings. The van der Waals surface area contributed by atoms with Crippen molar-refractivity contribution in [3.05, 3.63) is 36.0 Å². The minimum absolute atomic E-state index is 0.0524. The molecule has 0 bridgehead atoms. The average molecular weight is 344 g/mol. The number of fused-ring (bicyclic) bond motifs is 1. The highest BCUT2D eigenvalue weighted by Gasteiger charge is 2.13. The molecular formula is C19H28N4O2. The molecule has 0 aliphatic rings. The first-order valence-electron chi connectivity index (χ1n) is 8.83. The summed E-state index contributed by atoms with van der Waals surface area (Å²) in [6.45, 7) is 7.50. The van der Waals surface area contributed by atoms with Crippen LogP contribution in [0.5, 0.6) is 0 Å². The van der Waals surface area contributed by atoms with Crippen molar-refractivity contribution in [3.8, 4) is 0 Å². The van der Waals surface area contributed by atoms with Crippen LogP contribution in [0.15, 0.2) is 30.5 Å². The lowest BCUT2D eigenvalue weighted by molar-refractivity contribution is -0.125. The van der Waals surface area contributed by atoms with Crippen molar-refractivity contribution < 1.29 is 9.59 Å². The van der Waals surface area contributed by atoms with E-state index in [1.165, 1.54) is 10.9 Å². The van der Waals surface area contributed by atoms with E-state index in [0.29, 0.717) is 13.1 Å². The van der Waals surface area contributed by atoms with Gasteiger partial charge in [-0.05, 0) is 38.4 Å². The molecule has 0 unspecified atom stereocenters. The smallest absolute Gasteiger partial charge is 0.234 e. The van der Waals surface area contributed by atoms with Crippen molar-refractivity contribution in [1.82, 2.24) is 20.5 Å². The molecular weight excluding hydrogens is 316 g/mol. The quantitative estimate of drug-likeness (QED) is 0.648. The summed E-state index contributed by atoms with van der Waals surface area (Å²) in [6.07, 6.45) is 2.77. The highest BCUT2D eigenvalue weighted by Crippen LogP contribution is 2.17. The van der Waals surface area contributed by atoms with E-state index < -0.39 is 0 Å². The summed E-state index contributed by atoms with van der Waals surface area (Å²) in [5.74, 6) is -0.109. The van der Waals surface area contributed by atoms with Gasteiger partial charge in [0, 0.05) is 29.7 Å². The zero-order chi connectivity index (χ0) is 18.2. The average Bonchev–Trinajstić information content (AvgIpc) is 2.97. The standard InChI is InChI=1S/C19H28N4O2/c1-4-23(13-19(25)22-14(2)3)12-18(24)20-10-9-15-11-21-17-8-6-5-7-16(15)17/h5-8,11,14,21H,4,9-10,12-13H2,1-3H3,(H,20,24)(H,22,25). The van der Waals surface area contributed by atoms with E-state index in [9.17, 15) is 9.59 Å². The molecule has 6 heteroatoms. The van der Waals surface area contributed by atoms with E-state index >= 15 is 0 Å². The Bertz CT molecular complexity index is 708. The van der Waals surface area contributed by atoms with Crippen molar-refractivity contribution in [2.45, 2.75) is 33.2 Å². The van der Waals surface area contributed by atoms with Crippen LogP contribution in [0.1, 0.15) is 26.3 Å². The second kappa shape index (κ2) is 9.22. The Labute approximate surface area is 149 Å². The van der Waals surface area contributed by atoms with Crippen LogP contribution in [0.2, 0.25) is 0 Å². The van der Waals surface area contributed by atoms with Crippen LogP contribution in [-0.2, 0) is 16.0 Å². The maximum atomic E-state index is 12.1. The topological polar surface area (TPSA) is 77.2 Å². The summed E-state index contributed by atoms with van der Waals surface area (Å²) < 4.78 is 0. The molecule has 1 aromatic carbocycles. The van der Waals surface area contributed by atoms with Crippen LogP contribution in [0.25, 0.3) is 10.9 Å². The number of H-pyrrole nitrogens is 1. The van der Waals surface area contributed by atoms with E-state index in [2.05, 4.69) is 21.7 Å².